The number of aliphatic hydroxyl groups is 1. The molecule has 0 aromatic heterocycles. The summed E-state index contributed by atoms with van der Waals surface area (Å²) in [5, 5.41) is 8.99. The van der Waals surface area contributed by atoms with Crippen LogP contribution in [-0.4, -0.2) is 47.1 Å². The molecule has 3 aliphatic rings. The topological polar surface area (TPSA) is 82.1 Å². The third kappa shape index (κ3) is 2.39. The number of aliphatic hydroxyl groups excluding tert-OH is 1. The molecule has 0 spiro atoms. The summed E-state index contributed by atoms with van der Waals surface area (Å²) in [6.45, 7) is 6.68. The Morgan fingerprint density at radius 2 is 2.04 bits per heavy atom. The number of esters is 2. The van der Waals surface area contributed by atoms with Crippen LogP contribution in [0.2, 0.25) is 0 Å². The van der Waals surface area contributed by atoms with Gasteiger partial charge >= 0.3 is 11.9 Å². The molecule has 2 fully saturated rings. The number of hydrogen-bond donors (Lipinski definition) is 1. The monoisotopic (exact) mass is 324 g/mol. The molecule has 128 valence electrons. The Balaban J connectivity index is 2.01. The van der Waals surface area contributed by atoms with E-state index in [0.717, 1.165) is 18.4 Å². The van der Waals surface area contributed by atoms with Crippen LogP contribution in [0.5, 0.6) is 0 Å². The van der Waals surface area contributed by atoms with Gasteiger partial charge in [0.15, 0.2) is 6.10 Å². The second-order valence-corrected chi connectivity index (χ2v) is 7.26. The molecule has 23 heavy (non-hydrogen) atoms. The van der Waals surface area contributed by atoms with Crippen LogP contribution in [0.3, 0.4) is 0 Å². The molecule has 0 aromatic rings. The Hall–Kier alpha value is -1.40. The molecule has 6 heteroatoms. The highest BCUT2D eigenvalue weighted by atomic mass is 16.6. The second-order valence-electron chi connectivity index (χ2n) is 7.26. The lowest BCUT2D eigenvalue weighted by molar-refractivity contribution is -0.207. The summed E-state index contributed by atoms with van der Waals surface area (Å²) in [5.41, 5.74) is 0.983. The van der Waals surface area contributed by atoms with Crippen LogP contribution in [0.25, 0.3) is 0 Å². The number of allylic oxidation sites excluding steroid dienone is 1. The Kier molecular flexibility index (Phi) is 3.80. The highest BCUT2D eigenvalue weighted by molar-refractivity contribution is 5.71. The van der Waals surface area contributed by atoms with E-state index in [1.807, 2.05) is 13.8 Å². The Bertz CT molecular complexity index is 582. The van der Waals surface area contributed by atoms with Gasteiger partial charge in [0.2, 0.25) is 0 Å². The van der Waals surface area contributed by atoms with E-state index in [1.54, 1.807) is 0 Å². The highest BCUT2D eigenvalue weighted by Gasteiger charge is 2.67. The van der Waals surface area contributed by atoms with Gasteiger partial charge in [-0.15, -0.1) is 0 Å². The molecule has 2 aliphatic heterocycles. The van der Waals surface area contributed by atoms with Crippen molar-refractivity contribution in [1.82, 2.24) is 0 Å². The number of fused-ring (bicyclic) bond motifs is 4. The quantitative estimate of drug-likeness (QED) is 0.626. The molecule has 0 saturated carbocycles. The fraction of sp³-hybridized carbons (Fsp3) is 0.765. The van der Waals surface area contributed by atoms with E-state index in [1.165, 1.54) is 12.5 Å². The van der Waals surface area contributed by atoms with Crippen molar-refractivity contribution in [2.75, 3.05) is 6.61 Å². The molecule has 1 N–H and O–H groups in total. The first-order chi connectivity index (χ1) is 10.7. The average molecular weight is 324 g/mol. The fourth-order valence-electron chi connectivity index (χ4n) is 4.63. The average Bonchev–Trinajstić information content (AvgIpc) is 2.94. The standard InChI is InChI=1S/C17H24O6/c1-9-5-6-11-14(9)15(21-10(2)19)16(3)7-12(17(11,4)23-16)22-13(20)8-18/h11-12,15,18H,5-8H2,1-4H3. The summed E-state index contributed by atoms with van der Waals surface area (Å²) in [6.07, 6.45) is 1.35. The third-order valence-electron chi connectivity index (χ3n) is 5.57. The van der Waals surface area contributed by atoms with Crippen LogP contribution in [0.4, 0.5) is 0 Å². The summed E-state index contributed by atoms with van der Waals surface area (Å²) in [5.74, 6) is -0.940. The molecule has 2 saturated heterocycles. The van der Waals surface area contributed by atoms with Gasteiger partial charge in [-0.1, -0.05) is 5.57 Å². The van der Waals surface area contributed by atoms with E-state index in [2.05, 4.69) is 6.92 Å². The first-order valence-electron chi connectivity index (χ1n) is 8.08. The van der Waals surface area contributed by atoms with Crippen LogP contribution >= 0.6 is 0 Å². The van der Waals surface area contributed by atoms with Gasteiger partial charge in [-0.25, -0.2) is 4.79 Å². The number of rotatable bonds is 3. The Morgan fingerprint density at radius 1 is 1.35 bits per heavy atom. The van der Waals surface area contributed by atoms with E-state index in [-0.39, 0.29) is 11.9 Å². The van der Waals surface area contributed by atoms with Crippen LogP contribution in [-0.2, 0) is 23.8 Å². The van der Waals surface area contributed by atoms with Crippen molar-refractivity contribution >= 4 is 11.9 Å². The molecule has 0 radical (unpaired) electrons. The molecule has 2 bridgehead atoms. The SMILES string of the molecule is CC(=O)OC1C2=C(C)CCC2C2(C)OC1(C)CC2OC(=O)CO. The number of carbonyl (C=O) groups excluding carboxylic acids is 2. The van der Waals surface area contributed by atoms with E-state index in [9.17, 15) is 9.59 Å². The molecule has 6 nitrogen and oxygen atoms in total. The molecular weight excluding hydrogens is 300 g/mol. The number of carbonyl (C=O) groups is 2. The molecule has 0 amide bonds. The summed E-state index contributed by atoms with van der Waals surface area (Å²) >= 11 is 0. The van der Waals surface area contributed by atoms with Gasteiger partial charge in [-0.3, -0.25) is 4.79 Å². The van der Waals surface area contributed by atoms with Gasteiger partial charge in [-0.2, -0.15) is 0 Å². The normalized spacial score (nSPS) is 41.7. The zero-order valence-electron chi connectivity index (χ0n) is 14.0. The summed E-state index contributed by atoms with van der Waals surface area (Å²) in [4.78, 5) is 23.2. The van der Waals surface area contributed by atoms with Crippen LogP contribution < -0.4 is 0 Å². The molecule has 5 unspecified atom stereocenters. The maximum absolute atomic E-state index is 11.6. The zero-order valence-corrected chi connectivity index (χ0v) is 14.0. The van der Waals surface area contributed by atoms with Gasteiger partial charge in [-0.05, 0) is 39.2 Å². The molecule has 5 atom stereocenters. The lowest BCUT2D eigenvalue weighted by Crippen LogP contribution is -2.55. The van der Waals surface area contributed by atoms with Crippen molar-refractivity contribution in [2.24, 2.45) is 5.92 Å². The Morgan fingerprint density at radius 3 is 2.65 bits per heavy atom. The predicted molar refractivity (Wildman–Crippen MR) is 80.5 cm³/mol. The van der Waals surface area contributed by atoms with Crippen molar-refractivity contribution in [3.05, 3.63) is 11.1 Å². The van der Waals surface area contributed by atoms with E-state index < -0.39 is 36.0 Å². The van der Waals surface area contributed by atoms with E-state index in [0.29, 0.717) is 6.42 Å². The summed E-state index contributed by atoms with van der Waals surface area (Å²) < 4.78 is 17.4. The van der Waals surface area contributed by atoms with Gasteiger partial charge in [0, 0.05) is 19.3 Å². The molecular formula is C17H24O6. The van der Waals surface area contributed by atoms with Crippen molar-refractivity contribution < 1.29 is 28.9 Å². The lowest BCUT2D eigenvalue weighted by atomic mass is 9.77. The van der Waals surface area contributed by atoms with E-state index in [4.69, 9.17) is 19.3 Å². The summed E-state index contributed by atoms with van der Waals surface area (Å²) in [7, 11) is 0. The fourth-order valence-corrected chi connectivity index (χ4v) is 4.63. The van der Waals surface area contributed by atoms with E-state index >= 15 is 0 Å². The smallest absolute Gasteiger partial charge is 0.332 e. The minimum atomic E-state index is -0.724. The maximum Gasteiger partial charge on any atom is 0.332 e. The minimum absolute atomic E-state index is 0.0546. The number of hydrogen-bond acceptors (Lipinski definition) is 6. The largest absolute Gasteiger partial charge is 0.457 e. The predicted octanol–water partition coefficient (Wildman–Crippen LogP) is 1.50. The van der Waals surface area contributed by atoms with Gasteiger partial charge in [0.05, 0.1) is 0 Å². The highest BCUT2D eigenvalue weighted by Crippen LogP contribution is 2.59. The van der Waals surface area contributed by atoms with Crippen molar-refractivity contribution in [3.8, 4) is 0 Å². The van der Waals surface area contributed by atoms with Crippen molar-refractivity contribution in [3.63, 3.8) is 0 Å². The number of ether oxygens (including phenoxy) is 3. The minimum Gasteiger partial charge on any atom is -0.457 e. The first-order valence-corrected chi connectivity index (χ1v) is 8.08. The third-order valence-corrected chi connectivity index (χ3v) is 5.57. The summed E-state index contributed by atoms with van der Waals surface area (Å²) in [6, 6.07) is 0. The zero-order chi connectivity index (χ0) is 17.0. The molecule has 1 aliphatic carbocycles. The molecule has 0 aromatic carbocycles. The second kappa shape index (κ2) is 5.31. The van der Waals surface area contributed by atoms with Gasteiger partial charge in [0.25, 0.3) is 0 Å². The first kappa shape index (κ1) is 16.5. The van der Waals surface area contributed by atoms with Crippen molar-refractivity contribution in [1.29, 1.82) is 0 Å². The van der Waals surface area contributed by atoms with Crippen LogP contribution in [0.15, 0.2) is 11.1 Å². The molecule has 2 heterocycles. The van der Waals surface area contributed by atoms with Crippen molar-refractivity contribution in [2.45, 2.75) is 70.4 Å². The van der Waals surface area contributed by atoms with Crippen LogP contribution in [0, 0.1) is 5.92 Å². The maximum atomic E-state index is 11.6. The van der Waals surface area contributed by atoms with Crippen LogP contribution in [0.1, 0.15) is 47.0 Å². The van der Waals surface area contributed by atoms with Gasteiger partial charge in [0.1, 0.15) is 23.9 Å². The lowest BCUT2D eigenvalue weighted by Gasteiger charge is -2.47. The molecule has 3 rings (SSSR count). The van der Waals surface area contributed by atoms with Gasteiger partial charge < -0.3 is 19.3 Å². The Labute approximate surface area is 135 Å².